The number of ether oxygens (including phenoxy) is 2. The van der Waals surface area contributed by atoms with Gasteiger partial charge in [-0.25, -0.2) is 0 Å². The van der Waals surface area contributed by atoms with Gasteiger partial charge in [-0.2, -0.15) is 0 Å². The first-order valence-electron chi connectivity index (χ1n) is 7.96. The lowest BCUT2D eigenvalue weighted by Gasteiger charge is -2.37. The number of hydrogen-bond acceptors (Lipinski definition) is 5. The maximum Gasteiger partial charge on any atom is 0.245 e. The van der Waals surface area contributed by atoms with Gasteiger partial charge in [-0.15, -0.1) is 12.4 Å². The van der Waals surface area contributed by atoms with Crippen LogP contribution < -0.4 is 10.6 Å². The summed E-state index contributed by atoms with van der Waals surface area (Å²) in [5.74, 6) is -0.122. The first kappa shape index (κ1) is 20.2. The highest BCUT2D eigenvalue weighted by atomic mass is 35.5. The molecule has 0 aliphatic carbocycles. The third-order valence-corrected chi connectivity index (χ3v) is 4.50. The Morgan fingerprint density at radius 3 is 2.48 bits per heavy atom. The van der Waals surface area contributed by atoms with Crippen LogP contribution in [0.1, 0.15) is 19.8 Å². The van der Waals surface area contributed by atoms with Gasteiger partial charge in [0.25, 0.3) is 0 Å². The van der Waals surface area contributed by atoms with Crippen LogP contribution in [-0.4, -0.2) is 75.9 Å². The Labute approximate surface area is 143 Å². The number of hydrogen-bond donors (Lipinski definition) is 2. The minimum Gasteiger partial charge on any atom is -0.384 e. The lowest BCUT2D eigenvalue weighted by atomic mass is 9.78. The molecule has 0 bridgehead atoms. The van der Waals surface area contributed by atoms with E-state index >= 15 is 0 Å². The summed E-state index contributed by atoms with van der Waals surface area (Å²) < 4.78 is 10.5. The van der Waals surface area contributed by atoms with Crippen LogP contribution in [0.2, 0.25) is 0 Å². The van der Waals surface area contributed by atoms with E-state index in [-0.39, 0.29) is 24.2 Å². The Balaban J connectivity index is 0.00000264. The lowest BCUT2D eigenvalue weighted by molar-refractivity contribution is -0.144. The number of morpholine rings is 1. The number of methoxy groups -OCH3 is 1. The molecule has 2 rings (SSSR count). The highest BCUT2D eigenvalue weighted by Gasteiger charge is 2.40. The van der Waals surface area contributed by atoms with Crippen LogP contribution in [0.3, 0.4) is 0 Å². The van der Waals surface area contributed by atoms with E-state index in [4.69, 9.17) is 9.47 Å². The van der Waals surface area contributed by atoms with Gasteiger partial charge in [0, 0.05) is 20.2 Å². The summed E-state index contributed by atoms with van der Waals surface area (Å²) in [6.07, 6.45) is 1.45. The van der Waals surface area contributed by atoms with Crippen molar-refractivity contribution in [3.8, 4) is 0 Å². The molecule has 2 amide bonds. The number of amides is 2. The van der Waals surface area contributed by atoms with Crippen molar-refractivity contribution in [3.05, 3.63) is 0 Å². The van der Waals surface area contributed by atoms with Crippen LogP contribution in [-0.2, 0) is 19.1 Å². The van der Waals surface area contributed by atoms with Crippen molar-refractivity contribution in [2.45, 2.75) is 25.8 Å². The maximum absolute atomic E-state index is 12.7. The Bertz CT molecular complexity index is 391. The van der Waals surface area contributed by atoms with Gasteiger partial charge in [0.1, 0.15) is 6.04 Å². The van der Waals surface area contributed by atoms with E-state index in [9.17, 15) is 9.59 Å². The van der Waals surface area contributed by atoms with Gasteiger partial charge in [0.15, 0.2) is 0 Å². The molecule has 134 valence electrons. The van der Waals surface area contributed by atoms with Crippen LogP contribution in [0, 0.1) is 5.41 Å². The van der Waals surface area contributed by atoms with E-state index in [0.29, 0.717) is 32.9 Å². The summed E-state index contributed by atoms with van der Waals surface area (Å²) in [7, 11) is 1.61. The van der Waals surface area contributed by atoms with Crippen molar-refractivity contribution >= 4 is 24.2 Å². The van der Waals surface area contributed by atoms with Crippen LogP contribution in [0.15, 0.2) is 0 Å². The fourth-order valence-electron chi connectivity index (χ4n) is 3.09. The van der Waals surface area contributed by atoms with Crippen molar-refractivity contribution < 1.29 is 19.1 Å². The second-order valence-corrected chi connectivity index (χ2v) is 6.10. The molecule has 0 spiro atoms. The molecule has 23 heavy (non-hydrogen) atoms. The lowest BCUT2D eigenvalue weighted by Crippen LogP contribution is -2.56. The van der Waals surface area contributed by atoms with Crippen LogP contribution in [0.25, 0.3) is 0 Å². The van der Waals surface area contributed by atoms with Gasteiger partial charge in [0.2, 0.25) is 11.8 Å². The zero-order valence-electron chi connectivity index (χ0n) is 13.9. The molecule has 2 saturated heterocycles. The molecule has 2 N–H and O–H groups in total. The molecule has 0 radical (unpaired) electrons. The second-order valence-electron chi connectivity index (χ2n) is 6.10. The van der Waals surface area contributed by atoms with E-state index in [0.717, 1.165) is 25.9 Å². The molecular weight excluding hydrogens is 322 g/mol. The predicted octanol–water partition coefficient (Wildman–Crippen LogP) is -0.212. The monoisotopic (exact) mass is 349 g/mol. The molecule has 2 heterocycles. The average molecular weight is 350 g/mol. The quantitative estimate of drug-likeness (QED) is 0.718. The van der Waals surface area contributed by atoms with Crippen molar-refractivity contribution in [1.29, 1.82) is 0 Å². The Morgan fingerprint density at radius 2 is 1.91 bits per heavy atom. The number of carbonyl (C=O) groups is 2. The molecule has 1 atom stereocenters. The topological polar surface area (TPSA) is 79.9 Å². The van der Waals surface area contributed by atoms with Gasteiger partial charge < -0.3 is 25.0 Å². The van der Waals surface area contributed by atoms with E-state index in [1.807, 2.05) is 0 Å². The van der Waals surface area contributed by atoms with Crippen molar-refractivity contribution in [2.24, 2.45) is 5.41 Å². The summed E-state index contributed by atoms with van der Waals surface area (Å²) in [5, 5.41) is 6.15. The molecule has 2 aliphatic heterocycles. The third kappa shape index (κ3) is 5.04. The molecule has 8 heteroatoms. The first-order valence-corrected chi connectivity index (χ1v) is 7.96. The molecule has 2 fully saturated rings. The fourth-order valence-corrected chi connectivity index (χ4v) is 3.09. The van der Waals surface area contributed by atoms with Gasteiger partial charge >= 0.3 is 0 Å². The summed E-state index contributed by atoms with van der Waals surface area (Å²) in [4.78, 5) is 26.8. The number of carbonyl (C=O) groups excluding carboxylic acids is 2. The van der Waals surface area contributed by atoms with Crippen LogP contribution in [0.5, 0.6) is 0 Å². The van der Waals surface area contributed by atoms with Gasteiger partial charge in [0.05, 0.1) is 25.2 Å². The van der Waals surface area contributed by atoms with E-state index in [1.165, 1.54) is 0 Å². The Hall–Kier alpha value is -0.890. The SMILES string of the molecule is COCC1(C(=O)NC(C)C(=O)N2CCOCC2)CCNCC1.Cl. The van der Waals surface area contributed by atoms with Crippen molar-refractivity contribution in [3.63, 3.8) is 0 Å². The zero-order chi connectivity index (χ0) is 16.0. The summed E-state index contributed by atoms with van der Waals surface area (Å²) in [6, 6.07) is -0.519. The third-order valence-electron chi connectivity index (χ3n) is 4.50. The number of nitrogens with zero attached hydrogens (tertiary/aromatic N) is 1. The number of nitrogens with one attached hydrogen (secondary N) is 2. The Morgan fingerprint density at radius 1 is 1.30 bits per heavy atom. The standard InChI is InChI=1S/C15H27N3O4.ClH/c1-12(13(19)18-7-9-22-10-8-18)17-14(20)15(11-21-2)3-5-16-6-4-15;/h12,16H,3-11H2,1-2H3,(H,17,20);1H. The highest BCUT2D eigenvalue weighted by molar-refractivity contribution is 5.90. The molecule has 0 aromatic carbocycles. The molecule has 0 aromatic rings. The van der Waals surface area contributed by atoms with Crippen molar-refractivity contribution in [2.75, 3.05) is 53.1 Å². The normalized spacial score (nSPS) is 21.9. The minimum atomic E-state index is -0.528. The van der Waals surface area contributed by atoms with E-state index in [2.05, 4.69) is 10.6 Å². The molecular formula is C15H28ClN3O4. The Kier molecular flexibility index (Phi) is 8.25. The smallest absolute Gasteiger partial charge is 0.245 e. The summed E-state index contributed by atoms with van der Waals surface area (Å²) in [5.41, 5.74) is -0.528. The minimum absolute atomic E-state index is 0. The van der Waals surface area contributed by atoms with Gasteiger partial charge in [-0.1, -0.05) is 0 Å². The molecule has 0 saturated carbocycles. The predicted molar refractivity (Wildman–Crippen MR) is 88.7 cm³/mol. The average Bonchev–Trinajstić information content (AvgIpc) is 2.56. The maximum atomic E-state index is 12.7. The number of halogens is 1. The van der Waals surface area contributed by atoms with E-state index < -0.39 is 11.5 Å². The van der Waals surface area contributed by atoms with Crippen LogP contribution in [0.4, 0.5) is 0 Å². The molecule has 1 unspecified atom stereocenters. The fraction of sp³-hybridized carbons (Fsp3) is 0.867. The van der Waals surface area contributed by atoms with Gasteiger partial charge in [-0.05, 0) is 32.9 Å². The molecule has 0 aromatic heterocycles. The zero-order valence-corrected chi connectivity index (χ0v) is 14.7. The second kappa shape index (κ2) is 9.42. The van der Waals surface area contributed by atoms with Gasteiger partial charge in [-0.3, -0.25) is 9.59 Å². The first-order chi connectivity index (χ1) is 10.6. The molecule has 2 aliphatic rings. The van der Waals surface area contributed by atoms with Crippen LogP contribution >= 0.6 is 12.4 Å². The summed E-state index contributed by atoms with van der Waals surface area (Å²) >= 11 is 0. The number of piperidine rings is 1. The number of rotatable bonds is 5. The summed E-state index contributed by atoms with van der Waals surface area (Å²) in [6.45, 7) is 6.02. The van der Waals surface area contributed by atoms with E-state index in [1.54, 1.807) is 18.9 Å². The largest absolute Gasteiger partial charge is 0.384 e. The highest BCUT2D eigenvalue weighted by Crippen LogP contribution is 2.29. The van der Waals surface area contributed by atoms with Crippen molar-refractivity contribution in [1.82, 2.24) is 15.5 Å². The molecule has 7 nitrogen and oxygen atoms in total.